The number of rotatable bonds is 5. The number of alkyl halides is 2. The maximum absolute atomic E-state index is 14.5. The van der Waals surface area contributed by atoms with E-state index in [-0.39, 0.29) is 12.0 Å². The van der Waals surface area contributed by atoms with Crippen molar-refractivity contribution in [2.24, 2.45) is 5.92 Å². The number of carboxylic acids is 1. The summed E-state index contributed by atoms with van der Waals surface area (Å²) in [4.78, 5) is 10.6. The van der Waals surface area contributed by atoms with Gasteiger partial charge >= 0.3 is 5.97 Å². The molecule has 1 atom stereocenters. The minimum atomic E-state index is -3.00. The normalized spacial score (nSPS) is 13.3. The van der Waals surface area contributed by atoms with Crippen molar-refractivity contribution in [1.82, 2.24) is 0 Å². The number of carbonyl (C=O) groups is 1. The third-order valence-corrected chi connectivity index (χ3v) is 3.86. The lowest BCUT2D eigenvalue weighted by Gasteiger charge is -2.25. The summed E-state index contributed by atoms with van der Waals surface area (Å²) in [5.74, 6) is -4.61. The molecule has 0 aliphatic rings. The minimum absolute atomic E-state index is 0.0623. The largest absolute Gasteiger partial charge is 0.481 e. The second kappa shape index (κ2) is 5.90. The summed E-state index contributed by atoms with van der Waals surface area (Å²) in [6.45, 7) is 8.60. The number of carboxylic acid groups (broad SMARTS) is 1. The number of hydrogen-bond acceptors (Lipinski definition) is 1. The van der Waals surface area contributed by atoms with Crippen LogP contribution in [0.2, 0.25) is 0 Å². The molecular formula is C16H22F2O2. The maximum atomic E-state index is 14.5. The van der Waals surface area contributed by atoms with Crippen LogP contribution in [0.25, 0.3) is 0 Å². The van der Waals surface area contributed by atoms with E-state index in [1.165, 1.54) is 0 Å². The van der Waals surface area contributed by atoms with Crippen molar-refractivity contribution in [3.63, 3.8) is 0 Å². The van der Waals surface area contributed by atoms with E-state index in [1.807, 2.05) is 19.9 Å². The highest BCUT2D eigenvalue weighted by molar-refractivity contribution is 5.67. The number of halogens is 2. The Kier molecular flexibility index (Phi) is 4.90. The minimum Gasteiger partial charge on any atom is -0.481 e. The zero-order chi connectivity index (χ0) is 15.7. The molecule has 1 aromatic carbocycles. The summed E-state index contributed by atoms with van der Waals surface area (Å²) in [7, 11) is 0. The Bertz CT molecular complexity index is 495. The molecule has 1 aromatic rings. The first kappa shape index (κ1) is 16.6. The van der Waals surface area contributed by atoms with Crippen LogP contribution < -0.4 is 0 Å². The van der Waals surface area contributed by atoms with Crippen LogP contribution in [0.1, 0.15) is 47.6 Å². The summed E-state index contributed by atoms with van der Waals surface area (Å²) in [5, 5.41) is 8.70. The van der Waals surface area contributed by atoms with E-state index in [1.54, 1.807) is 20.8 Å². The smallest absolute Gasteiger partial charge is 0.303 e. The molecule has 0 amide bonds. The summed E-state index contributed by atoms with van der Waals surface area (Å²) in [5.41, 5.74) is 2.94. The fraction of sp³-hybridized carbons (Fsp3) is 0.562. The fourth-order valence-electron chi connectivity index (χ4n) is 2.68. The average molecular weight is 284 g/mol. The predicted molar refractivity (Wildman–Crippen MR) is 75.3 cm³/mol. The molecule has 1 N–H and O–H groups in total. The number of hydrogen-bond donors (Lipinski definition) is 1. The molecule has 0 aliphatic carbocycles. The van der Waals surface area contributed by atoms with E-state index in [2.05, 4.69) is 0 Å². The van der Waals surface area contributed by atoms with Crippen molar-refractivity contribution in [3.05, 3.63) is 33.9 Å². The highest BCUT2D eigenvalue weighted by Gasteiger charge is 2.37. The van der Waals surface area contributed by atoms with Gasteiger partial charge in [0.2, 0.25) is 0 Å². The van der Waals surface area contributed by atoms with Gasteiger partial charge in [-0.05, 0) is 55.9 Å². The zero-order valence-corrected chi connectivity index (χ0v) is 12.7. The van der Waals surface area contributed by atoms with Crippen molar-refractivity contribution >= 4 is 5.97 Å². The van der Waals surface area contributed by atoms with Gasteiger partial charge in [0.05, 0.1) is 0 Å². The number of aryl methyl sites for hydroxylation is 2. The lowest BCUT2D eigenvalue weighted by Crippen LogP contribution is -2.22. The van der Waals surface area contributed by atoms with E-state index in [0.717, 1.165) is 11.1 Å². The van der Waals surface area contributed by atoms with Gasteiger partial charge in [0.15, 0.2) is 0 Å². The van der Waals surface area contributed by atoms with Gasteiger partial charge in [-0.2, -0.15) is 0 Å². The SMILES string of the molecule is Cc1cc(C)c(C)c(C(F)(F)CC(C)CC(=O)O)c1C. The molecular weight excluding hydrogens is 262 g/mol. The fourth-order valence-corrected chi connectivity index (χ4v) is 2.68. The first-order valence-electron chi connectivity index (χ1n) is 6.73. The molecule has 0 fully saturated rings. The molecule has 0 radical (unpaired) electrons. The monoisotopic (exact) mass is 284 g/mol. The second-order valence-electron chi connectivity index (χ2n) is 5.75. The van der Waals surface area contributed by atoms with Crippen molar-refractivity contribution in [2.45, 2.75) is 53.4 Å². The van der Waals surface area contributed by atoms with Crippen LogP contribution in [0.15, 0.2) is 6.07 Å². The predicted octanol–water partition coefficient (Wildman–Crippen LogP) is 4.51. The summed E-state index contributed by atoms with van der Waals surface area (Å²) < 4.78 is 29.1. The molecule has 4 heteroatoms. The van der Waals surface area contributed by atoms with Crippen LogP contribution in [-0.4, -0.2) is 11.1 Å². The van der Waals surface area contributed by atoms with Crippen molar-refractivity contribution < 1.29 is 18.7 Å². The van der Waals surface area contributed by atoms with Crippen molar-refractivity contribution in [2.75, 3.05) is 0 Å². The lowest BCUT2D eigenvalue weighted by molar-refractivity contribution is -0.138. The van der Waals surface area contributed by atoms with E-state index in [9.17, 15) is 13.6 Å². The molecule has 0 aliphatic heterocycles. The molecule has 112 valence electrons. The van der Waals surface area contributed by atoms with Gasteiger partial charge in [0.25, 0.3) is 5.92 Å². The highest BCUT2D eigenvalue weighted by Crippen LogP contribution is 2.40. The second-order valence-corrected chi connectivity index (χ2v) is 5.75. The summed E-state index contributed by atoms with van der Waals surface area (Å²) >= 11 is 0. The highest BCUT2D eigenvalue weighted by atomic mass is 19.3. The molecule has 20 heavy (non-hydrogen) atoms. The van der Waals surface area contributed by atoms with Gasteiger partial charge in [-0.15, -0.1) is 0 Å². The molecule has 0 saturated carbocycles. The molecule has 0 spiro atoms. The van der Waals surface area contributed by atoms with Gasteiger partial charge in [0, 0.05) is 18.4 Å². The van der Waals surface area contributed by atoms with Gasteiger partial charge in [0.1, 0.15) is 0 Å². The summed E-state index contributed by atoms with van der Waals surface area (Å²) in [6.07, 6.45) is -0.678. The Balaban J connectivity index is 3.18. The van der Waals surface area contributed by atoms with Crippen LogP contribution in [0.4, 0.5) is 8.78 Å². The maximum Gasteiger partial charge on any atom is 0.303 e. The van der Waals surface area contributed by atoms with Crippen LogP contribution in [-0.2, 0) is 10.7 Å². The average Bonchev–Trinajstić information content (AvgIpc) is 2.24. The van der Waals surface area contributed by atoms with Gasteiger partial charge in [-0.3, -0.25) is 4.79 Å². The van der Waals surface area contributed by atoms with E-state index >= 15 is 0 Å². The van der Waals surface area contributed by atoms with Crippen molar-refractivity contribution in [1.29, 1.82) is 0 Å². The Morgan fingerprint density at radius 2 is 1.65 bits per heavy atom. The zero-order valence-electron chi connectivity index (χ0n) is 12.7. The van der Waals surface area contributed by atoms with Crippen molar-refractivity contribution in [3.8, 4) is 0 Å². The first-order chi connectivity index (χ1) is 9.06. The molecule has 0 bridgehead atoms. The van der Waals surface area contributed by atoms with E-state index in [0.29, 0.717) is 11.1 Å². The Morgan fingerprint density at radius 1 is 1.20 bits per heavy atom. The lowest BCUT2D eigenvalue weighted by atomic mass is 9.86. The molecule has 2 nitrogen and oxygen atoms in total. The van der Waals surface area contributed by atoms with Crippen LogP contribution >= 0.6 is 0 Å². The molecule has 0 heterocycles. The van der Waals surface area contributed by atoms with E-state index < -0.39 is 24.2 Å². The Morgan fingerprint density at radius 3 is 2.05 bits per heavy atom. The summed E-state index contributed by atoms with van der Waals surface area (Å²) in [6, 6.07) is 1.91. The van der Waals surface area contributed by atoms with Gasteiger partial charge in [-0.25, -0.2) is 8.78 Å². The van der Waals surface area contributed by atoms with Crippen LogP contribution in [0, 0.1) is 33.6 Å². The quantitative estimate of drug-likeness (QED) is 0.863. The molecule has 1 unspecified atom stereocenters. The Hall–Kier alpha value is -1.45. The van der Waals surface area contributed by atoms with Gasteiger partial charge in [-0.1, -0.05) is 13.0 Å². The van der Waals surface area contributed by atoms with Crippen LogP contribution in [0.5, 0.6) is 0 Å². The number of aliphatic carboxylic acids is 1. The third kappa shape index (κ3) is 3.56. The standard InChI is InChI=1S/C16H22F2O2/c1-9(6-14(19)20)8-16(17,18)15-12(4)10(2)7-11(3)13(15)5/h7,9H,6,8H2,1-5H3,(H,19,20). The topological polar surface area (TPSA) is 37.3 Å². The molecule has 0 aromatic heterocycles. The van der Waals surface area contributed by atoms with Crippen LogP contribution in [0.3, 0.4) is 0 Å². The third-order valence-electron chi connectivity index (χ3n) is 3.86. The van der Waals surface area contributed by atoms with E-state index in [4.69, 9.17) is 5.11 Å². The molecule has 1 rings (SSSR count). The van der Waals surface area contributed by atoms with Gasteiger partial charge < -0.3 is 5.11 Å². The number of benzene rings is 1. The molecule has 0 saturated heterocycles. The first-order valence-corrected chi connectivity index (χ1v) is 6.73. The Labute approximate surface area is 118 Å².